The normalized spacial score (nSPS) is 15.6. The summed E-state index contributed by atoms with van der Waals surface area (Å²) in [4.78, 5) is 43.1. The van der Waals surface area contributed by atoms with Gasteiger partial charge in [-0.3, -0.25) is 19.2 Å². The molecule has 0 aliphatic carbocycles. The van der Waals surface area contributed by atoms with Crippen LogP contribution in [0.1, 0.15) is 10.5 Å². The van der Waals surface area contributed by atoms with Crippen molar-refractivity contribution in [1.29, 1.82) is 0 Å². The molecule has 0 atom stereocenters. The minimum Gasteiger partial charge on any atom is -0.354 e. The highest BCUT2D eigenvalue weighted by Gasteiger charge is 2.22. The zero-order valence-corrected chi connectivity index (χ0v) is 20.7. The van der Waals surface area contributed by atoms with Gasteiger partial charge in [0.2, 0.25) is 5.91 Å². The molecule has 11 heteroatoms. The lowest BCUT2D eigenvalue weighted by Gasteiger charge is -2.34. The van der Waals surface area contributed by atoms with Crippen molar-refractivity contribution in [3.05, 3.63) is 72.7 Å². The standard InChI is InChI=1S/C27H27N9O2/c37-25(18-34-13-15-35(16-14-34)24-7-3-4-9-28-24)31-20-6-2-1-5-19(20)26-29-10-8-21(32-26)22-17-23-27(38)30-11-12-36(23)33-22/h1-10,17H,11-16,18H2,(H,30,38)(H,31,37). The number of fused-ring (bicyclic) bond motifs is 1. The molecule has 38 heavy (non-hydrogen) atoms. The van der Waals surface area contributed by atoms with Crippen LogP contribution in [-0.4, -0.2) is 80.7 Å². The zero-order valence-electron chi connectivity index (χ0n) is 20.7. The van der Waals surface area contributed by atoms with Gasteiger partial charge in [-0.25, -0.2) is 15.0 Å². The number of carbonyl (C=O) groups excluding carboxylic acids is 2. The van der Waals surface area contributed by atoms with Gasteiger partial charge >= 0.3 is 0 Å². The summed E-state index contributed by atoms with van der Waals surface area (Å²) in [6.07, 6.45) is 3.46. The van der Waals surface area contributed by atoms with E-state index in [9.17, 15) is 9.59 Å². The second-order valence-corrected chi connectivity index (χ2v) is 9.20. The van der Waals surface area contributed by atoms with Gasteiger partial charge in [-0.1, -0.05) is 18.2 Å². The van der Waals surface area contributed by atoms with E-state index in [-0.39, 0.29) is 11.8 Å². The third kappa shape index (κ3) is 4.96. The van der Waals surface area contributed by atoms with Crippen LogP contribution in [0.15, 0.2) is 67.0 Å². The molecule has 192 valence electrons. The van der Waals surface area contributed by atoms with E-state index in [1.807, 2.05) is 42.5 Å². The molecule has 2 N–H and O–H groups in total. The summed E-state index contributed by atoms with van der Waals surface area (Å²) < 4.78 is 1.69. The maximum atomic E-state index is 13.0. The Bertz CT molecular complexity index is 1460. The molecule has 0 unspecified atom stereocenters. The molecule has 1 aromatic carbocycles. The number of pyridine rings is 1. The molecule has 5 heterocycles. The van der Waals surface area contributed by atoms with Crippen LogP contribution < -0.4 is 15.5 Å². The van der Waals surface area contributed by atoms with Gasteiger partial charge in [-0.15, -0.1) is 0 Å². The number of anilines is 2. The Hall–Kier alpha value is -4.64. The Morgan fingerprint density at radius 1 is 0.921 bits per heavy atom. The highest BCUT2D eigenvalue weighted by atomic mass is 16.2. The number of hydrogen-bond donors (Lipinski definition) is 2. The van der Waals surface area contributed by atoms with E-state index in [1.165, 1.54) is 0 Å². The molecule has 4 aromatic rings. The number of amides is 2. The topological polar surface area (TPSA) is 121 Å². The van der Waals surface area contributed by atoms with E-state index in [4.69, 9.17) is 4.98 Å². The fourth-order valence-corrected chi connectivity index (χ4v) is 4.75. The minimum atomic E-state index is -0.143. The number of nitrogens with one attached hydrogen (secondary N) is 2. The zero-order chi connectivity index (χ0) is 25.9. The second kappa shape index (κ2) is 10.4. The molecule has 2 amide bonds. The van der Waals surface area contributed by atoms with Crippen molar-refractivity contribution in [2.75, 3.05) is 49.5 Å². The van der Waals surface area contributed by atoms with Crippen molar-refractivity contribution < 1.29 is 9.59 Å². The van der Waals surface area contributed by atoms with Crippen LogP contribution in [-0.2, 0) is 11.3 Å². The predicted molar refractivity (Wildman–Crippen MR) is 143 cm³/mol. The number of piperazine rings is 1. The average Bonchev–Trinajstić information content (AvgIpc) is 3.40. The number of rotatable bonds is 6. The number of hydrogen-bond acceptors (Lipinski definition) is 8. The second-order valence-electron chi connectivity index (χ2n) is 9.20. The number of nitrogens with zero attached hydrogens (tertiary/aromatic N) is 7. The first-order valence-corrected chi connectivity index (χ1v) is 12.6. The Morgan fingerprint density at radius 3 is 2.58 bits per heavy atom. The fourth-order valence-electron chi connectivity index (χ4n) is 4.75. The predicted octanol–water partition coefficient (Wildman–Crippen LogP) is 1.91. The highest BCUT2D eigenvalue weighted by Crippen LogP contribution is 2.27. The number of benzene rings is 1. The molecule has 2 aliphatic heterocycles. The molecule has 0 bridgehead atoms. The van der Waals surface area contributed by atoms with Crippen LogP contribution in [0.25, 0.3) is 22.8 Å². The van der Waals surface area contributed by atoms with Crippen LogP contribution in [0, 0.1) is 0 Å². The number of para-hydroxylation sites is 1. The quantitative estimate of drug-likeness (QED) is 0.404. The molecule has 0 spiro atoms. The molecule has 0 saturated carbocycles. The first kappa shape index (κ1) is 23.7. The summed E-state index contributed by atoms with van der Waals surface area (Å²) in [7, 11) is 0. The molecular formula is C27H27N9O2. The summed E-state index contributed by atoms with van der Waals surface area (Å²) in [5.41, 5.74) is 3.08. The van der Waals surface area contributed by atoms with Crippen LogP contribution >= 0.6 is 0 Å². The van der Waals surface area contributed by atoms with Crippen molar-refractivity contribution in [2.24, 2.45) is 0 Å². The lowest BCUT2D eigenvalue weighted by Crippen LogP contribution is -2.48. The average molecular weight is 510 g/mol. The van der Waals surface area contributed by atoms with Crippen LogP contribution in [0.2, 0.25) is 0 Å². The Kier molecular flexibility index (Phi) is 6.49. The monoisotopic (exact) mass is 509 g/mol. The van der Waals surface area contributed by atoms with Gasteiger partial charge in [0, 0.05) is 50.7 Å². The maximum absolute atomic E-state index is 13.0. The Labute approximate surface area is 219 Å². The van der Waals surface area contributed by atoms with E-state index < -0.39 is 0 Å². The summed E-state index contributed by atoms with van der Waals surface area (Å²) in [5.74, 6) is 1.20. The van der Waals surface area contributed by atoms with E-state index >= 15 is 0 Å². The van der Waals surface area contributed by atoms with Crippen molar-refractivity contribution in [3.63, 3.8) is 0 Å². The van der Waals surface area contributed by atoms with E-state index in [0.717, 1.165) is 32.0 Å². The number of carbonyl (C=O) groups is 2. The summed E-state index contributed by atoms with van der Waals surface area (Å²) in [6.45, 7) is 4.67. The summed E-state index contributed by atoms with van der Waals surface area (Å²) >= 11 is 0. The molecule has 0 radical (unpaired) electrons. The smallest absolute Gasteiger partial charge is 0.269 e. The van der Waals surface area contributed by atoms with Crippen molar-refractivity contribution in [1.82, 2.24) is 34.9 Å². The molecule has 11 nitrogen and oxygen atoms in total. The van der Waals surface area contributed by atoms with Crippen molar-refractivity contribution in [3.8, 4) is 22.8 Å². The minimum absolute atomic E-state index is 0.0901. The number of aromatic nitrogens is 5. The van der Waals surface area contributed by atoms with Gasteiger partial charge < -0.3 is 15.5 Å². The summed E-state index contributed by atoms with van der Waals surface area (Å²) in [5, 5.41) is 10.4. The highest BCUT2D eigenvalue weighted by molar-refractivity contribution is 5.96. The largest absolute Gasteiger partial charge is 0.354 e. The molecule has 1 fully saturated rings. The van der Waals surface area contributed by atoms with Gasteiger partial charge in [0.25, 0.3) is 5.91 Å². The van der Waals surface area contributed by atoms with Crippen LogP contribution in [0.4, 0.5) is 11.5 Å². The van der Waals surface area contributed by atoms with E-state index in [0.29, 0.717) is 53.8 Å². The van der Waals surface area contributed by atoms with Crippen LogP contribution in [0.3, 0.4) is 0 Å². The molecule has 3 aromatic heterocycles. The lowest BCUT2D eigenvalue weighted by atomic mass is 10.1. The Balaban J connectivity index is 1.14. The van der Waals surface area contributed by atoms with Gasteiger partial charge in [0.05, 0.1) is 24.5 Å². The first-order chi connectivity index (χ1) is 18.6. The molecule has 2 aliphatic rings. The maximum Gasteiger partial charge on any atom is 0.269 e. The SMILES string of the molecule is O=C(CN1CCN(c2ccccn2)CC1)Nc1ccccc1-c1nccc(-c2cc3n(n2)CCNC3=O)n1. The van der Waals surface area contributed by atoms with E-state index in [1.54, 1.807) is 29.2 Å². The molecular weight excluding hydrogens is 482 g/mol. The van der Waals surface area contributed by atoms with Crippen molar-refractivity contribution >= 4 is 23.3 Å². The van der Waals surface area contributed by atoms with Gasteiger partial charge in [0.1, 0.15) is 17.2 Å². The third-order valence-electron chi connectivity index (χ3n) is 6.69. The summed E-state index contributed by atoms with van der Waals surface area (Å²) in [6, 6.07) is 16.9. The Morgan fingerprint density at radius 2 is 1.76 bits per heavy atom. The molecule has 1 saturated heterocycles. The van der Waals surface area contributed by atoms with Gasteiger partial charge in [-0.05, 0) is 36.4 Å². The third-order valence-corrected chi connectivity index (χ3v) is 6.69. The lowest BCUT2D eigenvalue weighted by molar-refractivity contribution is -0.117. The van der Waals surface area contributed by atoms with Crippen molar-refractivity contribution in [2.45, 2.75) is 6.54 Å². The van der Waals surface area contributed by atoms with Crippen LogP contribution in [0.5, 0.6) is 0 Å². The van der Waals surface area contributed by atoms with Gasteiger partial charge in [0.15, 0.2) is 5.82 Å². The first-order valence-electron chi connectivity index (χ1n) is 12.6. The van der Waals surface area contributed by atoms with E-state index in [2.05, 4.69) is 35.5 Å². The molecule has 6 rings (SSSR count). The fraction of sp³-hybridized carbons (Fsp3) is 0.259. The van der Waals surface area contributed by atoms with Gasteiger partial charge in [-0.2, -0.15) is 5.10 Å².